The van der Waals surface area contributed by atoms with E-state index in [1.807, 2.05) is 0 Å². The molecule has 0 aliphatic rings. The van der Waals surface area contributed by atoms with Crippen molar-refractivity contribution < 1.29 is 15.0 Å². The number of halogens is 1. The van der Waals surface area contributed by atoms with E-state index < -0.39 is 12.0 Å². The lowest BCUT2D eigenvalue weighted by Crippen LogP contribution is -2.37. The molecule has 0 heterocycles. The van der Waals surface area contributed by atoms with E-state index in [1.54, 1.807) is 12.1 Å². The molecule has 0 aromatic heterocycles. The van der Waals surface area contributed by atoms with Crippen molar-refractivity contribution in [2.45, 2.75) is 12.6 Å². The third-order valence-corrected chi connectivity index (χ3v) is 2.31. The summed E-state index contributed by atoms with van der Waals surface area (Å²) in [6, 6.07) is 4.76. The predicted molar refractivity (Wildman–Crippen MR) is 60.0 cm³/mol. The summed E-state index contributed by atoms with van der Waals surface area (Å²) in [4.78, 5) is 10.5. The summed E-state index contributed by atoms with van der Waals surface area (Å²) in [6.45, 7) is 0.498. The highest BCUT2D eigenvalue weighted by atomic mass is 35.5. The van der Waals surface area contributed by atoms with Crippen LogP contribution in [0.2, 0.25) is 5.02 Å². The van der Waals surface area contributed by atoms with Gasteiger partial charge in [-0.05, 0) is 17.7 Å². The van der Waals surface area contributed by atoms with E-state index in [4.69, 9.17) is 22.4 Å². The van der Waals surface area contributed by atoms with Gasteiger partial charge in [0.15, 0.2) is 0 Å². The number of benzene rings is 1. The maximum Gasteiger partial charge on any atom is 0.247 e. The van der Waals surface area contributed by atoms with Crippen LogP contribution in [-0.4, -0.2) is 28.8 Å². The normalized spacial score (nSPS) is 12.4. The van der Waals surface area contributed by atoms with Gasteiger partial charge in [-0.15, -0.1) is 0 Å². The van der Waals surface area contributed by atoms with Crippen LogP contribution in [0.5, 0.6) is 5.75 Å². The number of phenols is 1. The predicted octanol–water partition coefficient (Wildman–Crippen LogP) is -0.0186. The molecule has 16 heavy (non-hydrogen) atoms. The first kappa shape index (κ1) is 12.8. The van der Waals surface area contributed by atoms with E-state index in [0.29, 0.717) is 6.54 Å². The standard InChI is InChI=1S/C10H13ClN2O3/c11-7-3-6(1-2-8(7)14)4-13-5-9(15)10(12)16/h1-3,9,13-15H,4-5H2,(H2,12,16). The quantitative estimate of drug-likeness (QED) is 0.586. The molecule has 1 rings (SSSR count). The molecule has 0 saturated heterocycles. The van der Waals surface area contributed by atoms with Crippen LogP contribution in [0.1, 0.15) is 5.56 Å². The van der Waals surface area contributed by atoms with Gasteiger partial charge >= 0.3 is 0 Å². The molecule has 0 aliphatic carbocycles. The van der Waals surface area contributed by atoms with Gasteiger partial charge in [-0.3, -0.25) is 4.79 Å². The fourth-order valence-electron chi connectivity index (χ4n) is 1.11. The van der Waals surface area contributed by atoms with Gasteiger partial charge in [0.2, 0.25) is 5.91 Å². The minimum Gasteiger partial charge on any atom is -0.506 e. The van der Waals surface area contributed by atoms with Crippen molar-refractivity contribution in [1.29, 1.82) is 0 Å². The van der Waals surface area contributed by atoms with E-state index in [9.17, 15) is 9.90 Å². The summed E-state index contributed by atoms with van der Waals surface area (Å²) >= 11 is 5.70. The Hall–Kier alpha value is -1.30. The van der Waals surface area contributed by atoms with Gasteiger partial charge in [0.05, 0.1) is 5.02 Å². The molecule has 0 bridgehead atoms. The number of aromatic hydroxyl groups is 1. The molecule has 0 fully saturated rings. The lowest BCUT2D eigenvalue weighted by atomic mass is 10.2. The van der Waals surface area contributed by atoms with E-state index >= 15 is 0 Å². The number of phenolic OH excluding ortho intramolecular Hbond substituents is 1. The smallest absolute Gasteiger partial charge is 0.247 e. The van der Waals surface area contributed by atoms with Crippen LogP contribution in [0, 0.1) is 0 Å². The third kappa shape index (κ3) is 3.69. The van der Waals surface area contributed by atoms with Gasteiger partial charge in [0.25, 0.3) is 0 Å². The zero-order valence-electron chi connectivity index (χ0n) is 8.48. The first-order valence-electron chi connectivity index (χ1n) is 4.66. The minimum absolute atomic E-state index is 0.0163. The molecule has 0 saturated carbocycles. The monoisotopic (exact) mass is 244 g/mol. The summed E-state index contributed by atoms with van der Waals surface area (Å²) in [5.41, 5.74) is 5.71. The van der Waals surface area contributed by atoms with Gasteiger partial charge in [-0.25, -0.2) is 0 Å². The zero-order chi connectivity index (χ0) is 12.1. The molecule has 1 aromatic rings. The van der Waals surface area contributed by atoms with Crippen LogP contribution in [0.3, 0.4) is 0 Å². The van der Waals surface area contributed by atoms with Gasteiger partial charge in [0, 0.05) is 13.1 Å². The van der Waals surface area contributed by atoms with Gasteiger partial charge in [-0.2, -0.15) is 0 Å². The van der Waals surface area contributed by atoms with Crippen molar-refractivity contribution in [3.8, 4) is 5.75 Å². The highest BCUT2D eigenvalue weighted by Gasteiger charge is 2.09. The highest BCUT2D eigenvalue weighted by Crippen LogP contribution is 2.23. The Morgan fingerprint density at radius 3 is 2.81 bits per heavy atom. The summed E-state index contributed by atoms with van der Waals surface area (Å²) in [5.74, 6) is -0.751. The Balaban J connectivity index is 2.43. The Bertz CT molecular complexity index is 384. The van der Waals surface area contributed by atoms with Crippen LogP contribution in [-0.2, 0) is 11.3 Å². The lowest BCUT2D eigenvalue weighted by Gasteiger charge is -2.08. The molecule has 1 amide bonds. The Morgan fingerprint density at radius 2 is 2.25 bits per heavy atom. The number of carbonyl (C=O) groups is 1. The van der Waals surface area contributed by atoms with Crippen LogP contribution in [0.25, 0.3) is 0 Å². The van der Waals surface area contributed by atoms with Crippen molar-refractivity contribution in [2.24, 2.45) is 5.73 Å². The SMILES string of the molecule is NC(=O)C(O)CNCc1ccc(O)c(Cl)c1. The molecule has 0 radical (unpaired) electrons. The number of nitrogens with one attached hydrogen (secondary N) is 1. The number of aliphatic hydroxyl groups excluding tert-OH is 1. The van der Waals surface area contributed by atoms with Crippen molar-refractivity contribution in [2.75, 3.05) is 6.54 Å². The maximum absolute atomic E-state index is 10.5. The van der Waals surface area contributed by atoms with Crippen molar-refractivity contribution in [3.05, 3.63) is 28.8 Å². The second kappa shape index (κ2) is 5.69. The number of aliphatic hydroxyl groups is 1. The molecule has 88 valence electrons. The van der Waals surface area contributed by atoms with Crippen molar-refractivity contribution >= 4 is 17.5 Å². The summed E-state index contributed by atoms with van der Waals surface area (Å²) in [7, 11) is 0. The third-order valence-electron chi connectivity index (χ3n) is 2.01. The number of hydrogen-bond donors (Lipinski definition) is 4. The molecule has 5 nitrogen and oxygen atoms in total. The number of nitrogens with two attached hydrogens (primary N) is 1. The van der Waals surface area contributed by atoms with Gasteiger partial charge in [-0.1, -0.05) is 17.7 Å². The van der Waals surface area contributed by atoms with E-state index in [-0.39, 0.29) is 17.3 Å². The molecule has 1 aromatic carbocycles. The maximum atomic E-state index is 10.5. The average molecular weight is 245 g/mol. The zero-order valence-corrected chi connectivity index (χ0v) is 9.24. The molecule has 5 N–H and O–H groups in total. The van der Waals surface area contributed by atoms with E-state index in [2.05, 4.69) is 5.32 Å². The Labute approximate surface area is 97.8 Å². The topological polar surface area (TPSA) is 95.6 Å². The second-order valence-corrected chi connectivity index (χ2v) is 3.74. The van der Waals surface area contributed by atoms with Crippen LogP contribution in [0.4, 0.5) is 0 Å². The van der Waals surface area contributed by atoms with Crippen LogP contribution in [0.15, 0.2) is 18.2 Å². The van der Waals surface area contributed by atoms with Crippen molar-refractivity contribution in [3.63, 3.8) is 0 Å². The van der Waals surface area contributed by atoms with Crippen LogP contribution >= 0.6 is 11.6 Å². The number of amides is 1. The number of carbonyl (C=O) groups excluding carboxylic acids is 1. The first-order chi connectivity index (χ1) is 7.50. The van der Waals surface area contributed by atoms with E-state index in [1.165, 1.54) is 6.07 Å². The molecular formula is C10H13ClN2O3. The molecule has 1 atom stereocenters. The Morgan fingerprint density at radius 1 is 1.56 bits per heavy atom. The largest absolute Gasteiger partial charge is 0.506 e. The molecule has 6 heteroatoms. The highest BCUT2D eigenvalue weighted by molar-refractivity contribution is 6.32. The number of primary amides is 1. The lowest BCUT2D eigenvalue weighted by molar-refractivity contribution is -0.125. The van der Waals surface area contributed by atoms with Crippen LogP contribution < -0.4 is 11.1 Å². The number of hydrogen-bond acceptors (Lipinski definition) is 4. The van der Waals surface area contributed by atoms with Gasteiger partial charge < -0.3 is 21.3 Å². The number of rotatable bonds is 5. The molecular weight excluding hydrogens is 232 g/mol. The molecule has 0 aliphatic heterocycles. The fourth-order valence-corrected chi connectivity index (χ4v) is 1.32. The fraction of sp³-hybridized carbons (Fsp3) is 0.300. The average Bonchev–Trinajstić information content (AvgIpc) is 2.23. The molecule has 0 spiro atoms. The van der Waals surface area contributed by atoms with E-state index in [0.717, 1.165) is 5.56 Å². The molecule has 1 unspecified atom stereocenters. The minimum atomic E-state index is -1.20. The van der Waals surface area contributed by atoms with Gasteiger partial charge in [0.1, 0.15) is 11.9 Å². The first-order valence-corrected chi connectivity index (χ1v) is 5.04. The summed E-state index contributed by atoms with van der Waals surface area (Å²) in [5, 5.41) is 21.4. The Kier molecular flexibility index (Phi) is 4.54. The second-order valence-electron chi connectivity index (χ2n) is 3.33. The summed E-state index contributed by atoms with van der Waals surface area (Å²) in [6.07, 6.45) is -1.20. The summed E-state index contributed by atoms with van der Waals surface area (Å²) < 4.78 is 0. The van der Waals surface area contributed by atoms with Crippen molar-refractivity contribution in [1.82, 2.24) is 5.32 Å².